The second-order valence-electron chi connectivity index (χ2n) is 8.20. The molecule has 7 nitrogen and oxygen atoms in total. The highest BCUT2D eigenvalue weighted by atomic mass is 16.7. The molecule has 186 valence electrons. The SMILES string of the molecule is C1=COCCC1.Oc1ccc(O)cc1.c1cc(OC2CCCCO2)ccc1OC1CCCCO1. The molecule has 0 amide bonds. The molecule has 0 spiro atoms. The topological polar surface area (TPSA) is 86.6 Å². The number of phenols is 2. The lowest BCUT2D eigenvalue weighted by Crippen LogP contribution is -2.25. The molecule has 2 atom stereocenters. The summed E-state index contributed by atoms with van der Waals surface area (Å²) in [6.07, 6.45) is 12.5. The molecule has 2 N–H and O–H groups in total. The maximum Gasteiger partial charge on any atom is 0.199 e. The normalized spacial score (nSPS) is 21.5. The summed E-state index contributed by atoms with van der Waals surface area (Å²) in [5.74, 6) is 1.99. The Balaban J connectivity index is 0.000000188. The van der Waals surface area contributed by atoms with Crippen molar-refractivity contribution in [3.8, 4) is 23.0 Å². The molecule has 2 unspecified atom stereocenters. The van der Waals surface area contributed by atoms with E-state index in [1.54, 1.807) is 6.26 Å². The van der Waals surface area contributed by atoms with Gasteiger partial charge in [-0.25, -0.2) is 0 Å². The fraction of sp³-hybridized carbons (Fsp3) is 0.481. The molecule has 3 aliphatic heterocycles. The average Bonchev–Trinajstić information content (AvgIpc) is 2.90. The Morgan fingerprint density at radius 1 is 0.618 bits per heavy atom. The zero-order valence-electron chi connectivity index (χ0n) is 19.6. The Morgan fingerprint density at radius 2 is 1.12 bits per heavy atom. The summed E-state index contributed by atoms with van der Waals surface area (Å²) in [5.41, 5.74) is 0. The number of aromatic hydroxyl groups is 2. The molecule has 7 heteroatoms. The van der Waals surface area contributed by atoms with Gasteiger partial charge in [-0.2, -0.15) is 0 Å². The van der Waals surface area contributed by atoms with E-state index in [0.717, 1.165) is 57.0 Å². The number of allylic oxidation sites excluding steroid dienone is 1. The van der Waals surface area contributed by atoms with Gasteiger partial charge in [0.1, 0.15) is 23.0 Å². The van der Waals surface area contributed by atoms with Crippen molar-refractivity contribution in [2.75, 3.05) is 19.8 Å². The van der Waals surface area contributed by atoms with Crippen molar-refractivity contribution in [1.82, 2.24) is 0 Å². The molecule has 2 aromatic rings. The van der Waals surface area contributed by atoms with Crippen LogP contribution in [0.1, 0.15) is 51.4 Å². The number of ether oxygens (including phenoxy) is 5. The number of hydrogen-bond acceptors (Lipinski definition) is 7. The van der Waals surface area contributed by atoms with E-state index in [1.165, 1.54) is 49.9 Å². The molecule has 34 heavy (non-hydrogen) atoms. The van der Waals surface area contributed by atoms with Gasteiger partial charge in [0.2, 0.25) is 0 Å². The van der Waals surface area contributed by atoms with Crippen LogP contribution in [0.25, 0.3) is 0 Å². The largest absolute Gasteiger partial charge is 0.508 e. The summed E-state index contributed by atoms with van der Waals surface area (Å²) in [5, 5.41) is 17.3. The molecular formula is C27H36O7. The van der Waals surface area contributed by atoms with E-state index < -0.39 is 0 Å². The monoisotopic (exact) mass is 472 g/mol. The minimum Gasteiger partial charge on any atom is -0.508 e. The molecule has 0 aromatic heterocycles. The number of phenolic OH excluding ortho intramolecular Hbond substituents is 2. The van der Waals surface area contributed by atoms with Crippen molar-refractivity contribution in [2.24, 2.45) is 0 Å². The zero-order valence-corrected chi connectivity index (χ0v) is 19.6. The first kappa shape index (κ1) is 25.7. The minimum absolute atomic E-state index is 0.0998. The van der Waals surface area contributed by atoms with Crippen molar-refractivity contribution in [2.45, 2.75) is 63.9 Å². The Kier molecular flexibility index (Phi) is 11.4. The molecule has 5 rings (SSSR count). The molecule has 3 aliphatic rings. The van der Waals surface area contributed by atoms with E-state index in [9.17, 15) is 0 Å². The highest BCUT2D eigenvalue weighted by Gasteiger charge is 2.17. The maximum absolute atomic E-state index is 8.65. The van der Waals surface area contributed by atoms with Crippen LogP contribution >= 0.6 is 0 Å². The Labute approximate surface area is 201 Å². The predicted octanol–water partition coefficient (Wildman–Crippen LogP) is 5.91. The van der Waals surface area contributed by atoms with Crippen molar-refractivity contribution in [3.63, 3.8) is 0 Å². The van der Waals surface area contributed by atoms with Crippen molar-refractivity contribution < 1.29 is 33.9 Å². The van der Waals surface area contributed by atoms with Crippen LogP contribution < -0.4 is 9.47 Å². The van der Waals surface area contributed by atoms with Gasteiger partial charge in [-0.05, 0) is 93.1 Å². The van der Waals surface area contributed by atoms with Crippen LogP contribution in [0.2, 0.25) is 0 Å². The van der Waals surface area contributed by atoms with Gasteiger partial charge >= 0.3 is 0 Å². The summed E-state index contributed by atoms with van der Waals surface area (Å²) in [4.78, 5) is 0. The first-order valence-electron chi connectivity index (χ1n) is 12.1. The molecule has 2 aromatic carbocycles. The Morgan fingerprint density at radius 3 is 1.41 bits per heavy atom. The van der Waals surface area contributed by atoms with Crippen LogP contribution in [0, 0.1) is 0 Å². The van der Waals surface area contributed by atoms with E-state index in [1.807, 2.05) is 30.3 Å². The zero-order chi connectivity index (χ0) is 23.8. The fourth-order valence-electron chi connectivity index (χ4n) is 3.45. The van der Waals surface area contributed by atoms with E-state index in [-0.39, 0.29) is 24.1 Å². The standard InChI is InChI=1S/C16H22O4.C6H6O2.C5H8O/c1-3-11-17-15(5-1)19-13-7-9-14(10-8-13)20-16-6-2-4-12-18-16;7-5-1-2-6(8)4-3-5;1-2-4-6-5-3-1/h7-10,15-16H,1-6,11-12H2;1-4,7-8H;2,4H,1,3,5H2. The lowest BCUT2D eigenvalue weighted by molar-refractivity contribution is -0.107. The molecular weight excluding hydrogens is 436 g/mol. The predicted molar refractivity (Wildman–Crippen MR) is 129 cm³/mol. The van der Waals surface area contributed by atoms with E-state index in [2.05, 4.69) is 0 Å². The molecule has 0 saturated carbocycles. The first-order valence-corrected chi connectivity index (χ1v) is 12.1. The van der Waals surface area contributed by atoms with Crippen LogP contribution in [0.15, 0.2) is 60.9 Å². The summed E-state index contributed by atoms with van der Waals surface area (Å²) in [6.45, 7) is 2.51. The van der Waals surface area contributed by atoms with E-state index in [0.29, 0.717) is 0 Å². The average molecular weight is 473 g/mol. The molecule has 3 heterocycles. The molecule has 0 bridgehead atoms. The van der Waals surface area contributed by atoms with E-state index in [4.69, 9.17) is 33.9 Å². The van der Waals surface area contributed by atoms with Gasteiger partial charge in [-0.1, -0.05) is 0 Å². The Hall–Kier alpha value is -2.90. The van der Waals surface area contributed by atoms with Gasteiger partial charge in [0.25, 0.3) is 0 Å². The second kappa shape index (κ2) is 15.1. The number of rotatable bonds is 4. The Bertz CT molecular complexity index is 740. The number of benzene rings is 2. The first-order chi connectivity index (χ1) is 16.7. The minimum atomic E-state index is -0.0998. The van der Waals surface area contributed by atoms with Gasteiger partial charge in [0.15, 0.2) is 12.6 Å². The second-order valence-corrected chi connectivity index (χ2v) is 8.20. The van der Waals surface area contributed by atoms with Gasteiger partial charge < -0.3 is 33.9 Å². The third-order valence-electron chi connectivity index (χ3n) is 5.31. The van der Waals surface area contributed by atoms with Crippen LogP contribution in [-0.2, 0) is 14.2 Å². The fourth-order valence-corrected chi connectivity index (χ4v) is 3.45. The summed E-state index contributed by atoms with van der Waals surface area (Å²) >= 11 is 0. The van der Waals surface area contributed by atoms with Crippen molar-refractivity contribution in [1.29, 1.82) is 0 Å². The molecule has 0 aliphatic carbocycles. The van der Waals surface area contributed by atoms with E-state index >= 15 is 0 Å². The lowest BCUT2D eigenvalue weighted by atomic mass is 10.2. The van der Waals surface area contributed by atoms with Crippen molar-refractivity contribution in [3.05, 3.63) is 60.9 Å². The van der Waals surface area contributed by atoms with Crippen LogP contribution in [0.4, 0.5) is 0 Å². The molecule has 2 fully saturated rings. The lowest BCUT2D eigenvalue weighted by Gasteiger charge is -2.24. The summed E-state index contributed by atoms with van der Waals surface area (Å²) < 4.78 is 27.6. The maximum atomic E-state index is 8.65. The number of hydrogen-bond donors (Lipinski definition) is 2. The highest BCUT2D eigenvalue weighted by molar-refractivity contribution is 5.31. The third-order valence-corrected chi connectivity index (χ3v) is 5.31. The third kappa shape index (κ3) is 10.4. The van der Waals surface area contributed by atoms with Crippen molar-refractivity contribution >= 4 is 0 Å². The van der Waals surface area contributed by atoms with Gasteiger partial charge in [0, 0.05) is 12.8 Å². The molecule has 0 radical (unpaired) electrons. The van der Waals surface area contributed by atoms with Gasteiger partial charge in [-0.15, -0.1) is 0 Å². The molecule has 2 saturated heterocycles. The summed E-state index contributed by atoms with van der Waals surface area (Å²) in [7, 11) is 0. The highest BCUT2D eigenvalue weighted by Crippen LogP contribution is 2.24. The van der Waals surface area contributed by atoms with Gasteiger partial charge in [0.05, 0.1) is 26.1 Å². The van der Waals surface area contributed by atoms with Crippen LogP contribution in [0.5, 0.6) is 23.0 Å². The smallest absolute Gasteiger partial charge is 0.199 e. The van der Waals surface area contributed by atoms with Gasteiger partial charge in [-0.3, -0.25) is 0 Å². The van der Waals surface area contributed by atoms with Crippen LogP contribution in [0.3, 0.4) is 0 Å². The van der Waals surface area contributed by atoms with Crippen LogP contribution in [-0.4, -0.2) is 42.6 Å². The quantitative estimate of drug-likeness (QED) is 0.535. The summed E-state index contributed by atoms with van der Waals surface area (Å²) in [6, 6.07) is 13.4.